The minimum atomic E-state index is -0.753. The van der Waals surface area contributed by atoms with Crippen LogP contribution in [0.25, 0.3) is 0 Å². The Labute approximate surface area is 115 Å². The summed E-state index contributed by atoms with van der Waals surface area (Å²) in [7, 11) is 2.81. The summed E-state index contributed by atoms with van der Waals surface area (Å²) in [5, 5.41) is 13.3. The van der Waals surface area contributed by atoms with Gasteiger partial charge in [0.2, 0.25) is 0 Å². The lowest BCUT2D eigenvalue weighted by molar-refractivity contribution is 0.0433. The van der Waals surface area contributed by atoms with Gasteiger partial charge in [0.25, 0.3) is 11.8 Å². The molecule has 0 radical (unpaired) electrons. The van der Waals surface area contributed by atoms with Crippen LogP contribution in [0.3, 0.4) is 0 Å². The van der Waals surface area contributed by atoms with E-state index in [1.807, 2.05) is 0 Å². The Balaban J connectivity index is 3.19. The maximum atomic E-state index is 11.7. The monoisotopic (exact) mass is 281 g/mol. The second-order valence-corrected chi connectivity index (χ2v) is 3.64. The molecule has 0 bridgehead atoms. The highest BCUT2D eigenvalue weighted by molar-refractivity contribution is 6.00. The molecule has 0 aliphatic rings. The maximum Gasteiger partial charge on any atom is 0.338 e. The van der Waals surface area contributed by atoms with Crippen LogP contribution in [-0.4, -0.2) is 55.2 Å². The molecule has 0 spiro atoms. The molecule has 0 aliphatic carbocycles. The molecule has 108 valence electrons. The molecule has 0 saturated carbocycles. The van der Waals surface area contributed by atoms with Crippen LogP contribution in [0.5, 0.6) is 0 Å². The fourth-order valence-corrected chi connectivity index (χ4v) is 1.36. The van der Waals surface area contributed by atoms with Crippen LogP contribution in [0.1, 0.15) is 31.3 Å². The maximum absolute atomic E-state index is 11.7. The van der Waals surface area contributed by atoms with Gasteiger partial charge in [-0.05, 0) is 12.1 Å². The quantitative estimate of drug-likeness (QED) is 0.593. The van der Waals surface area contributed by atoms with Crippen LogP contribution in [0, 0.1) is 0 Å². The van der Waals surface area contributed by atoms with Gasteiger partial charge in [-0.25, -0.2) is 9.78 Å². The van der Waals surface area contributed by atoms with Crippen molar-refractivity contribution in [3.05, 3.63) is 29.1 Å². The summed E-state index contributed by atoms with van der Waals surface area (Å²) < 4.78 is 4.73. The topological polar surface area (TPSA) is 118 Å². The van der Waals surface area contributed by atoms with Gasteiger partial charge < -0.3 is 20.5 Å². The molecule has 8 nitrogen and oxygen atoms in total. The molecule has 1 heterocycles. The smallest absolute Gasteiger partial charge is 0.338 e. The highest BCUT2D eigenvalue weighted by Crippen LogP contribution is 2.08. The fraction of sp³-hybridized carbons (Fsp3) is 0.333. The number of amides is 2. The minimum Gasteiger partial charge on any atom is -0.460 e. The Morgan fingerprint density at radius 2 is 1.65 bits per heavy atom. The van der Waals surface area contributed by atoms with Crippen LogP contribution in [-0.2, 0) is 4.74 Å². The number of aromatic nitrogens is 1. The first-order chi connectivity index (χ1) is 9.53. The van der Waals surface area contributed by atoms with E-state index in [0.717, 1.165) is 0 Å². The highest BCUT2D eigenvalue weighted by atomic mass is 16.5. The average molecular weight is 281 g/mol. The van der Waals surface area contributed by atoms with Crippen molar-refractivity contribution >= 4 is 17.8 Å². The van der Waals surface area contributed by atoms with E-state index >= 15 is 0 Å². The summed E-state index contributed by atoms with van der Waals surface area (Å²) in [6.07, 6.45) is 0. The molecule has 20 heavy (non-hydrogen) atoms. The molecule has 2 amide bonds. The predicted molar refractivity (Wildman–Crippen MR) is 68.4 cm³/mol. The van der Waals surface area contributed by atoms with Crippen LogP contribution in [0.4, 0.5) is 0 Å². The van der Waals surface area contributed by atoms with Crippen LogP contribution < -0.4 is 10.6 Å². The Morgan fingerprint density at radius 1 is 1.15 bits per heavy atom. The number of hydrogen-bond acceptors (Lipinski definition) is 6. The number of rotatable bonds is 5. The van der Waals surface area contributed by atoms with Gasteiger partial charge in [-0.15, -0.1) is 0 Å². The lowest BCUT2D eigenvalue weighted by Gasteiger charge is -2.07. The number of carbonyl (C=O) groups excluding carboxylic acids is 3. The van der Waals surface area contributed by atoms with Gasteiger partial charge in [0.05, 0.1) is 12.2 Å². The molecule has 0 fully saturated rings. The summed E-state index contributed by atoms with van der Waals surface area (Å²) in [5.74, 6) is -1.82. The van der Waals surface area contributed by atoms with Crippen molar-refractivity contribution in [2.45, 2.75) is 0 Å². The van der Waals surface area contributed by atoms with Gasteiger partial charge in [0, 0.05) is 14.1 Å². The third-order valence-electron chi connectivity index (χ3n) is 2.30. The normalized spacial score (nSPS) is 9.75. The molecule has 0 saturated heterocycles. The average Bonchev–Trinajstić information content (AvgIpc) is 2.50. The van der Waals surface area contributed by atoms with Crippen LogP contribution in [0.15, 0.2) is 12.1 Å². The number of hydrogen-bond donors (Lipinski definition) is 3. The van der Waals surface area contributed by atoms with Crippen molar-refractivity contribution in [1.82, 2.24) is 15.6 Å². The number of ether oxygens (including phenoxy) is 1. The van der Waals surface area contributed by atoms with Gasteiger partial charge >= 0.3 is 5.97 Å². The van der Waals surface area contributed by atoms with Crippen molar-refractivity contribution in [3.63, 3.8) is 0 Å². The standard InChI is InChI=1S/C12H15N3O5/c1-13-10(17)8-5-7(12(19)20-4-3-16)6-9(15-8)11(18)14-2/h5-6,16H,3-4H2,1-2H3,(H,13,17)(H,14,18). The van der Waals surface area contributed by atoms with Crippen LogP contribution in [0.2, 0.25) is 0 Å². The number of pyridine rings is 1. The first-order valence-electron chi connectivity index (χ1n) is 5.77. The van der Waals surface area contributed by atoms with Crippen molar-refractivity contribution in [1.29, 1.82) is 0 Å². The second-order valence-electron chi connectivity index (χ2n) is 3.64. The molecular formula is C12H15N3O5. The molecule has 0 aromatic carbocycles. The lowest BCUT2D eigenvalue weighted by atomic mass is 10.1. The van der Waals surface area contributed by atoms with Crippen molar-refractivity contribution in [3.8, 4) is 0 Å². The number of nitrogens with zero attached hydrogens (tertiary/aromatic N) is 1. The van der Waals surface area contributed by atoms with Crippen LogP contribution >= 0.6 is 0 Å². The summed E-state index contributed by atoms with van der Waals surface area (Å²) in [6.45, 7) is -0.493. The first-order valence-corrected chi connectivity index (χ1v) is 5.77. The molecule has 1 rings (SSSR count). The molecule has 0 atom stereocenters. The Hall–Kier alpha value is -2.48. The zero-order valence-electron chi connectivity index (χ0n) is 11.1. The lowest BCUT2D eigenvalue weighted by Crippen LogP contribution is -2.25. The predicted octanol–water partition coefficient (Wildman–Crippen LogP) is -1.05. The largest absolute Gasteiger partial charge is 0.460 e. The molecule has 3 N–H and O–H groups in total. The Morgan fingerprint density at radius 3 is 2.05 bits per heavy atom. The molecule has 1 aromatic rings. The number of aliphatic hydroxyl groups excluding tert-OH is 1. The Kier molecular flexibility index (Phi) is 5.60. The van der Waals surface area contributed by atoms with E-state index in [9.17, 15) is 14.4 Å². The fourth-order valence-electron chi connectivity index (χ4n) is 1.36. The summed E-state index contributed by atoms with van der Waals surface area (Å²) in [4.78, 5) is 38.7. The van der Waals surface area contributed by atoms with E-state index in [-0.39, 0.29) is 30.2 Å². The zero-order chi connectivity index (χ0) is 15.1. The third kappa shape index (κ3) is 3.75. The number of carbonyl (C=O) groups is 3. The van der Waals surface area contributed by atoms with E-state index in [1.54, 1.807) is 0 Å². The van der Waals surface area contributed by atoms with E-state index < -0.39 is 17.8 Å². The van der Waals surface area contributed by atoms with Crippen molar-refractivity contribution in [2.24, 2.45) is 0 Å². The Bertz CT molecular complexity index is 496. The van der Waals surface area contributed by atoms with E-state index in [1.165, 1.54) is 26.2 Å². The third-order valence-corrected chi connectivity index (χ3v) is 2.30. The first kappa shape index (κ1) is 15.6. The molecule has 0 aliphatic heterocycles. The van der Waals surface area contributed by atoms with Gasteiger partial charge in [-0.1, -0.05) is 0 Å². The van der Waals surface area contributed by atoms with Crippen molar-refractivity contribution in [2.75, 3.05) is 27.3 Å². The van der Waals surface area contributed by atoms with Gasteiger partial charge in [0.1, 0.15) is 18.0 Å². The second kappa shape index (κ2) is 7.19. The SMILES string of the molecule is CNC(=O)c1cc(C(=O)OCCO)cc(C(=O)NC)n1. The molecule has 0 unspecified atom stereocenters. The van der Waals surface area contributed by atoms with Gasteiger partial charge in [-0.2, -0.15) is 0 Å². The number of esters is 1. The number of nitrogens with one attached hydrogen (secondary N) is 2. The highest BCUT2D eigenvalue weighted by Gasteiger charge is 2.17. The molecular weight excluding hydrogens is 266 g/mol. The number of aliphatic hydroxyl groups is 1. The van der Waals surface area contributed by atoms with E-state index in [2.05, 4.69) is 15.6 Å². The van der Waals surface area contributed by atoms with Gasteiger partial charge in [0.15, 0.2) is 0 Å². The zero-order valence-corrected chi connectivity index (χ0v) is 11.1. The molecule has 1 aromatic heterocycles. The van der Waals surface area contributed by atoms with E-state index in [0.29, 0.717) is 0 Å². The van der Waals surface area contributed by atoms with Crippen molar-refractivity contribution < 1.29 is 24.2 Å². The summed E-state index contributed by atoms with van der Waals surface area (Å²) in [6, 6.07) is 2.43. The summed E-state index contributed by atoms with van der Waals surface area (Å²) in [5.41, 5.74) is -0.153. The summed E-state index contributed by atoms with van der Waals surface area (Å²) >= 11 is 0. The molecule has 8 heteroatoms. The minimum absolute atomic E-state index is 0.00523. The van der Waals surface area contributed by atoms with E-state index in [4.69, 9.17) is 9.84 Å². The van der Waals surface area contributed by atoms with Gasteiger partial charge in [-0.3, -0.25) is 9.59 Å².